The fraction of sp³-hybridized carbons (Fsp3) is 0.259. The van der Waals surface area contributed by atoms with E-state index < -0.39 is 0 Å². The minimum Gasteiger partial charge on any atom is -0.506 e. The summed E-state index contributed by atoms with van der Waals surface area (Å²) < 4.78 is 6.61. The summed E-state index contributed by atoms with van der Waals surface area (Å²) in [7, 11) is 0. The average molecular weight is 432 g/mol. The molecule has 2 heterocycles. The van der Waals surface area contributed by atoms with Crippen LogP contribution in [0.25, 0.3) is 16.7 Å². The van der Waals surface area contributed by atoms with Crippen molar-refractivity contribution in [2.75, 3.05) is 5.32 Å². The predicted octanol–water partition coefficient (Wildman–Crippen LogP) is 7.42. The first-order valence-corrected chi connectivity index (χ1v) is 10.9. The molecule has 158 valence electrons. The van der Waals surface area contributed by atoms with Gasteiger partial charge in [-0.1, -0.05) is 53.1 Å². The molecule has 0 bridgehead atoms. The molecule has 0 radical (unpaired) electrons. The van der Waals surface area contributed by atoms with Crippen molar-refractivity contribution in [2.45, 2.75) is 46.3 Å². The molecule has 0 aliphatic carbocycles. The smallest absolute Gasteiger partial charge is 0.150 e. The normalized spacial score (nSPS) is 18.1. The molecular formula is C27H26ClNO2. The largest absolute Gasteiger partial charge is 0.506 e. The van der Waals surface area contributed by atoms with Crippen molar-refractivity contribution in [2.24, 2.45) is 0 Å². The van der Waals surface area contributed by atoms with Crippen molar-refractivity contribution < 1.29 is 9.84 Å². The number of benzene rings is 3. The summed E-state index contributed by atoms with van der Waals surface area (Å²) in [5.74, 6) is 0.745. The van der Waals surface area contributed by atoms with Crippen LogP contribution in [0.4, 0.5) is 5.69 Å². The highest BCUT2D eigenvalue weighted by Gasteiger charge is 2.36. The maximum atomic E-state index is 10.3. The third kappa shape index (κ3) is 3.19. The molecule has 3 nitrogen and oxygen atoms in total. The number of aromatic hydroxyl groups is 1. The Bertz CT molecular complexity index is 1250. The molecule has 0 fully saturated rings. The molecule has 2 aliphatic rings. The summed E-state index contributed by atoms with van der Waals surface area (Å²) in [4.78, 5) is 0. The minimum absolute atomic E-state index is 0.0593. The number of nitrogens with one attached hydrogen (secondary N) is 1. The van der Waals surface area contributed by atoms with Crippen LogP contribution in [0, 0.1) is 13.8 Å². The van der Waals surface area contributed by atoms with Gasteiger partial charge in [0.05, 0.1) is 10.6 Å². The third-order valence-electron chi connectivity index (χ3n) is 6.08. The van der Waals surface area contributed by atoms with Gasteiger partial charge in [0.1, 0.15) is 11.5 Å². The fourth-order valence-electron chi connectivity index (χ4n) is 5.11. The number of hydrogen-bond donors (Lipinski definition) is 2. The summed E-state index contributed by atoms with van der Waals surface area (Å²) in [5, 5.41) is 14.3. The van der Waals surface area contributed by atoms with Crippen LogP contribution < -0.4 is 10.1 Å². The number of rotatable bonds is 1. The van der Waals surface area contributed by atoms with E-state index in [0.717, 1.165) is 33.5 Å². The fourth-order valence-corrected chi connectivity index (χ4v) is 5.37. The quantitative estimate of drug-likeness (QED) is 0.421. The van der Waals surface area contributed by atoms with Crippen molar-refractivity contribution in [3.8, 4) is 22.6 Å². The van der Waals surface area contributed by atoms with Gasteiger partial charge < -0.3 is 15.2 Å². The highest BCUT2D eigenvalue weighted by Crippen LogP contribution is 2.54. The molecule has 2 aliphatic heterocycles. The first kappa shape index (κ1) is 20.0. The summed E-state index contributed by atoms with van der Waals surface area (Å²) in [6, 6.07) is 14.2. The van der Waals surface area contributed by atoms with Crippen molar-refractivity contribution >= 4 is 22.9 Å². The van der Waals surface area contributed by atoms with Gasteiger partial charge in [0, 0.05) is 22.4 Å². The van der Waals surface area contributed by atoms with Crippen LogP contribution in [-0.4, -0.2) is 10.6 Å². The first-order chi connectivity index (χ1) is 14.6. The summed E-state index contributed by atoms with van der Waals surface area (Å²) in [5.41, 5.74) is 9.64. The van der Waals surface area contributed by atoms with E-state index in [9.17, 15) is 5.11 Å². The lowest BCUT2D eigenvalue weighted by atomic mass is 9.80. The molecular weight excluding hydrogens is 406 g/mol. The Labute approximate surface area is 188 Å². The zero-order chi connectivity index (χ0) is 22.1. The van der Waals surface area contributed by atoms with E-state index in [2.05, 4.69) is 76.3 Å². The van der Waals surface area contributed by atoms with Gasteiger partial charge in [0.2, 0.25) is 0 Å². The molecule has 0 aromatic heterocycles. The van der Waals surface area contributed by atoms with Crippen LogP contribution in [0.2, 0.25) is 5.02 Å². The highest BCUT2D eigenvalue weighted by atomic mass is 35.5. The summed E-state index contributed by atoms with van der Waals surface area (Å²) in [6.45, 7) is 10.7. The molecule has 0 spiro atoms. The van der Waals surface area contributed by atoms with E-state index in [1.807, 2.05) is 0 Å². The van der Waals surface area contributed by atoms with Crippen LogP contribution in [0.5, 0.6) is 11.5 Å². The van der Waals surface area contributed by atoms with E-state index in [1.165, 1.54) is 16.7 Å². The maximum Gasteiger partial charge on any atom is 0.150 e. The number of ether oxygens (including phenoxy) is 1. The summed E-state index contributed by atoms with van der Waals surface area (Å²) >= 11 is 6.59. The van der Waals surface area contributed by atoms with Gasteiger partial charge in [0.15, 0.2) is 6.10 Å². The Balaban J connectivity index is 1.85. The number of fused-ring (bicyclic) bond motifs is 5. The van der Waals surface area contributed by atoms with E-state index in [0.29, 0.717) is 10.8 Å². The van der Waals surface area contributed by atoms with Crippen LogP contribution in [0.1, 0.15) is 54.7 Å². The lowest BCUT2D eigenvalue weighted by Gasteiger charge is -2.37. The number of hydrogen-bond acceptors (Lipinski definition) is 3. The SMILES string of the molecule is CC1=CC(C)(C)Nc2ccc3c(c21)C(c1cc(C)cc(C)c1)Oc1ccc(O)c(Cl)c1-3. The second kappa shape index (κ2) is 6.80. The zero-order valence-corrected chi connectivity index (χ0v) is 19.2. The second-order valence-corrected chi connectivity index (χ2v) is 9.69. The summed E-state index contributed by atoms with van der Waals surface area (Å²) in [6.07, 6.45) is 1.98. The monoisotopic (exact) mass is 431 g/mol. The van der Waals surface area contributed by atoms with Crippen LogP contribution in [0.15, 0.2) is 48.5 Å². The Kier molecular flexibility index (Phi) is 4.39. The van der Waals surface area contributed by atoms with E-state index >= 15 is 0 Å². The first-order valence-electron chi connectivity index (χ1n) is 10.6. The lowest BCUT2D eigenvalue weighted by molar-refractivity contribution is 0.243. The number of allylic oxidation sites excluding steroid dienone is 1. The van der Waals surface area contributed by atoms with Crippen LogP contribution in [-0.2, 0) is 0 Å². The topological polar surface area (TPSA) is 41.5 Å². The average Bonchev–Trinajstić information content (AvgIpc) is 2.67. The molecule has 0 amide bonds. The standard InChI is InChI=1S/C27H26ClNO2/c1-14-10-15(2)12-17(11-14)26-24-18(23-21(31-26)9-8-20(30)25(23)28)6-7-19-22(24)16(3)13-27(4,5)29-19/h6-13,26,29-30H,1-5H3. The molecule has 3 aromatic rings. The molecule has 1 atom stereocenters. The van der Waals surface area contributed by atoms with Crippen molar-refractivity contribution in [3.05, 3.63) is 81.4 Å². The van der Waals surface area contributed by atoms with Gasteiger partial charge in [-0.05, 0) is 69.5 Å². The van der Waals surface area contributed by atoms with Crippen LogP contribution >= 0.6 is 11.6 Å². The maximum absolute atomic E-state index is 10.3. The van der Waals surface area contributed by atoms with Gasteiger partial charge in [0.25, 0.3) is 0 Å². The number of phenolic OH excluding ortho intramolecular Hbond substituents is 1. The Morgan fingerprint density at radius 2 is 1.68 bits per heavy atom. The Morgan fingerprint density at radius 3 is 2.39 bits per heavy atom. The molecule has 4 heteroatoms. The van der Waals surface area contributed by atoms with E-state index in [4.69, 9.17) is 16.3 Å². The third-order valence-corrected chi connectivity index (χ3v) is 6.46. The van der Waals surface area contributed by atoms with Gasteiger partial charge in [-0.2, -0.15) is 0 Å². The van der Waals surface area contributed by atoms with Gasteiger partial charge >= 0.3 is 0 Å². The van der Waals surface area contributed by atoms with E-state index in [1.54, 1.807) is 12.1 Å². The van der Waals surface area contributed by atoms with Crippen LogP contribution in [0.3, 0.4) is 0 Å². The molecule has 1 unspecified atom stereocenters. The molecule has 5 rings (SSSR count). The Hall–Kier alpha value is -2.91. The second-order valence-electron chi connectivity index (χ2n) is 9.31. The number of anilines is 1. The number of phenols is 1. The molecule has 2 N–H and O–H groups in total. The Morgan fingerprint density at radius 1 is 0.968 bits per heavy atom. The minimum atomic E-state index is -0.275. The molecule has 0 saturated carbocycles. The van der Waals surface area contributed by atoms with Gasteiger partial charge in [-0.3, -0.25) is 0 Å². The number of aryl methyl sites for hydroxylation is 2. The lowest BCUT2D eigenvalue weighted by Crippen LogP contribution is -2.32. The van der Waals surface area contributed by atoms with Crippen molar-refractivity contribution in [1.29, 1.82) is 0 Å². The van der Waals surface area contributed by atoms with Gasteiger partial charge in [-0.15, -0.1) is 0 Å². The van der Waals surface area contributed by atoms with Crippen molar-refractivity contribution in [3.63, 3.8) is 0 Å². The molecule has 31 heavy (non-hydrogen) atoms. The number of halogens is 1. The van der Waals surface area contributed by atoms with Crippen molar-refractivity contribution in [1.82, 2.24) is 0 Å². The highest BCUT2D eigenvalue weighted by molar-refractivity contribution is 6.35. The van der Waals surface area contributed by atoms with E-state index in [-0.39, 0.29) is 17.4 Å². The molecule has 3 aromatic carbocycles. The molecule has 0 saturated heterocycles. The predicted molar refractivity (Wildman–Crippen MR) is 128 cm³/mol. The van der Waals surface area contributed by atoms with Gasteiger partial charge in [-0.25, -0.2) is 0 Å². The zero-order valence-electron chi connectivity index (χ0n) is 18.4.